The molecule has 0 saturated heterocycles. The van der Waals surface area contributed by atoms with Gasteiger partial charge in [0.05, 0.1) is 0 Å². The van der Waals surface area contributed by atoms with Crippen LogP contribution in [0.2, 0.25) is 0 Å². The number of nitrogens with one attached hydrogen (secondary N) is 2. The van der Waals surface area contributed by atoms with E-state index in [1.807, 2.05) is 67.8 Å². The van der Waals surface area contributed by atoms with Crippen molar-refractivity contribution in [2.45, 2.75) is 84.5 Å². The lowest BCUT2D eigenvalue weighted by molar-refractivity contribution is -0.143. The molecule has 3 unspecified atom stereocenters. The van der Waals surface area contributed by atoms with Crippen molar-refractivity contribution in [3.63, 3.8) is 0 Å². The maximum Gasteiger partial charge on any atom is 0.408 e. The smallest absolute Gasteiger partial charge is 0.408 e. The van der Waals surface area contributed by atoms with E-state index in [4.69, 9.17) is 11.2 Å². The number of carbonyl (C=O) groups is 3. The first-order valence-electron chi connectivity index (χ1n) is 15.5. The van der Waals surface area contributed by atoms with E-state index in [9.17, 15) is 14.4 Å². The van der Waals surface area contributed by atoms with Gasteiger partial charge in [-0.3, -0.25) is 9.59 Å². The molecular formula is C37H47N3O4S. The molecule has 3 aromatic rings. The molecule has 8 heteroatoms. The number of carbonyl (C=O) groups excluding carboxylic acids is 3. The number of rotatable bonds is 13. The molecule has 240 valence electrons. The van der Waals surface area contributed by atoms with Gasteiger partial charge < -0.3 is 20.3 Å². The van der Waals surface area contributed by atoms with Gasteiger partial charge in [0.2, 0.25) is 5.91 Å². The first kappa shape index (κ1) is 35.5. The van der Waals surface area contributed by atoms with Gasteiger partial charge in [-0.15, -0.1) is 6.42 Å². The second-order valence-corrected chi connectivity index (χ2v) is 13.7. The largest absolute Gasteiger partial charge is 0.444 e. The van der Waals surface area contributed by atoms with Gasteiger partial charge in [-0.2, -0.15) is 11.8 Å². The van der Waals surface area contributed by atoms with E-state index in [0.29, 0.717) is 41.3 Å². The second-order valence-electron chi connectivity index (χ2n) is 12.7. The molecule has 0 aliphatic heterocycles. The predicted octanol–water partition coefficient (Wildman–Crippen LogP) is 7.80. The zero-order valence-electron chi connectivity index (χ0n) is 27.6. The molecule has 0 heterocycles. The SMILES string of the molecule is C#Cc1ccccc1C(C(=O)Nc1ccc2ccccc2c1)N(C(=O)C(CCSC)NC(=O)OC(C)(C)C)C(C)CCC(C)C. The highest BCUT2D eigenvalue weighted by atomic mass is 32.2. The fraction of sp³-hybridized carbons (Fsp3) is 0.432. The maximum atomic E-state index is 14.7. The van der Waals surface area contributed by atoms with E-state index in [0.717, 1.165) is 17.2 Å². The first-order chi connectivity index (χ1) is 21.3. The monoisotopic (exact) mass is 629 g/mol. The first-order valence-corrected chi connectivity index (χ1v) is 16.9. The zero-order valence-corrected chi connectivity index (χ0v) is 28.4. The molecule has 45 heavy (non-hydrogen) atoms. The summed E-state index contributed by atoms with van der Waals surface area (Å²) in [5.74, 6) is 2.97. The Morgan fingerprint density at radius 1 is 0.933 bits per heavy atom. The Kier molecular flexibility index (Phi) is 12.9. The van der Waals surface area contributed by atoms with Gasteiger partial charge in [0.25, 0.3) is 5.91 Å². The average Bonchev–Trinajstić information content (AvgIpc) is 2.99. The minimum atomic E-state index is -1.06. The number of alkyl carbamates (subject to hydrolysis) is 1. The summed E-state index contributed by atoms with van der Waals surface area (Å²) < 4.78 is 5.53. The number of nitrogens with zero attached hydrogens (tertiary/aromatic N) is 1. The van der Waals surface area contributed by atoms with E-state index < -0.39 is 29.7 Å². The highest BCUT2D eigenvalue weighted by Gasteiger charge is 2.39. The van der Waals surface area contributed by atoms with Crippen LogP contribution in [0.15, 0.2) is 66.7 Å². The average molecular weight is 630 g/mol. The Labute approximate surface area is 272 Å². The van der Waals surface area contributed by atoms with Gasteiger partial charge in [0.1, 0.15) is 17.7 Å². The minimum absolute atomic E-state index is 0.352. The summed E-state index contributed by atoms with van der Waals surface area (Å²) in [5, 5.41) is 7.92. The Bertz CT molecular complexity index is 1510. The third-order valence-corrected chi connectivity index (χ3v) is 8.09. The molecule has 0 aliphatic carbocycles. The number of amides is 3. The summed E-state index contributed by atoms with van der Waals surface area (Å²) in [4.78, 5) is 43.7. The fourth-order valence-electron chi connectivity index (χ4n) is 5.20. The summed E-state index contributed by atoms with van der Waals surface area (Å²) in [6.45, 7) is 11.5. The van der Waals surface area contributed by atoms with Gasteiger partial charge >= 0.3 is 6.09 Å². The summed E-state index contributed by atoms with van der Waals surface area (Å²) in [6, 6.07) is 18.5. The lowest BCUT2D eigenvalue weighted by atomic mass is 9.94. The van der Waals surface area contributed by atoms with Crippen molar-refractivity contribution in [3.05, 3.63) is 77.9 Å². The van der Waals surface area contributed by atoms with Crippen molar-refractivity contribution >= 4 is 46.1 Å². The number of fused-ring (bicyclic) bond motifs is 1. The molecular weight excluding hydrogens is 582 g/mol. The van der Waals surface area contributed by atoms with Gasteiger partial charge in [-0.05, 0) is 99.4 Å². The van der Waals surface area contributed by atoms with Crippen molar-refractivity contribution in [1.29, 1.82) is 0 Å². The van der Waals surface area contributed by atoms with Crippen molar-refractivity contribution in [3.8, 4) is 12.3 Å². The Hall–Kier alpha value is -3.96. The summed E-state index contributed by atoms with van der Waals surface area (Å²) in [5.41, 5.74) is 0.930. The minimum Gasteiger partial charge on any atom is -0.444 e. The van der Waals surface area contributed by atoms with Crippen molar-refractivity contribution in [2.75, 3.05) is 17.3 Å². The number of thioether (sulfide) groups is 1. The van der Waals surface area contributed by atoms with E-state index in [-0.39, 0.29) is 11.9 Å². The molecule has 0 aliphatic rings. The lowest BCUT2D eigenvalue weighted by Gasteiger charge is -2.39. The normalized spacial score (nSPS) is 13.4. The molecule has 3 atom stereocenters. The van der Waals surface area contributed by atoms with Gasteiger partial charge in [0.15, 0.2) is 0 Å². The highest BCUT2D eigenvalue weighted by Crippen LogP contribution is 2.31. The number of hydrogen-bond donors (Lipinski definition) is 2. The molecule has 0 radical (unpaired) electrons. The van der Waals surface area contributed by atoms with Crippen LogP contribution in [-0.2, 0) is 14.3 Å². The maximum absolute atomic E-state index is 14.7. The standard InChI is InChI=1S/C37H47N3O4S/c1-9-27-14-12-13-17-31(27)33(34(41)38-30-21-20-28-15-10-11-16-29(28)24-30)40(26(4)19-18-25(2)3)35(42)32(22-23-45-8)39-36(43)44-37(5,6)7/h1,10-17,20-21,24-26,32-33H,18-19,22-23H2,2-8H3,(H,38,41)(H,39,43). The lowest BCUT2D eigenvalue weighted by Crippen LogP contribution is -2.55. The topological polar surface area (TPSA) is 87.7 Å². The van der Waals surface area contributed by atoms with Crippen molar-refractivity contribution < 1.29 is 19.1 Å². The number of hydrogen-bond acceptors (Lipinski definition) is 5. The molecule has 3 rings (SSSR count). The van der Waals surface area contributed by atoms with E-state index in [1.165, 1.54) is 0 Å². The van der Waals surface area contributed by atoms with Crippen LogP contribution in [0.3, 0.4) is 0 Å². The van der Waals surface area contributed by atoms with Crippen LogP contribution in [0.5, 0.6) is 0 Å². The van der Waals surface area contributed by atoms with Crippen LogP contribution in [0.4, 0.5) is 10.5 Å². The zero-order chi connectivity index (χ0) is 33.1. The third-order valence-electron chi connectivity index (χ3n) is 7.45. The highest BCUT2D eigenvalue weighted by molar-refractivity contribution is 7.98. The number of benzene rings is 3. The van der Waals surface area contributed by atoms with E-state index in [1.54, 1.807) is 49.6 Å². The van der Waals surface area contributed by atoms with Crippen LogP contribution in [0.1, 0.15) is 78.0 Å². The molecule has 3 amide bonds. The molecule has 0 aromatic heterocycles. The van der Waals surface area contributed by atoms with Gasteiger partial charge in [0, 0.05) is 17.3 Å². The molecule has 2 N–H and O–H groups in total. The van der Waals surface area contributed by atoms with Crippen LogP contribution in [-0.4, -0.2) is 52.5 Å². The molecule has 0 saturated carbocycles. The van der Waals surface area contributed by atoms with E-state index in [2.05, 4.69) is 30.4 Å². The van der Waals surface area contributed by atoms with Crippen LogP contribution in [0.25, 0.3) is 10.8 Å². The quantitative estimate of drug-likeness (QED) is 0.188. The predicted molar refractivity (Wildman–Crippen MR) is 186 cm³/mol. The summed E-state index contributed by atoms with van der Waals surface area (Å²) in [7, 11) is 0. The summed E-state index contributed by atoms with van der Waals surface area (Å²) >= 11 is 1.57. The van der Waals surface area contributed by atoms with E-state index >= 15 is 0 Å². The number of terminal acetylenes is 1. The molecule has 7 nitrogen and oxygen atoms in total. The fourth-order valence-corrected chi connectivity index (χ4v) is 5.67. The molecule has 0 spiro atoms. The van der Waals surface area contributed by atoms with Gasteiger partial charge in [-0.1, -0.05) is 68.3 Å². The van der Waals surface area contributed by atoms with Crippen LogP contribution < -0.4 is 10.6 Å². The number of anilines is 1. The summed E-state index contributed by atoms with van der Waals surface area (Å²) in [6.07, 6.45) is 9.07. The Morgan fingerprint density at radius 2 is 1.60 bits per heavy atom. The third kappa shape index (κ3) is 10.3. The van der Waals surface area contributed by atoms with Crippen molar-refractivity contribution in [2.24, 2.45) is 5.92 Å². The molecule has 0 fully saturated rings. The van der Waals surface area contributed by atoms with Gasteiger partial charge in [-0.25, -0.2) is 4.79 Å². The van der Waals surface area contributed by atoms with Crippen molar-refractivity contribution in [1.82, 2.24) is 10.2 Å². The second kappa shape index (κ2) is 16.4. The number of ether oxygens (including phenoxy) is 1. The molecule has 0 bridgehead atoms. The van der Waals surface area contributed by atoms with Crippen LogP contribution in [0, 0.1) is 18.3 Å². The Morgan fingerprint density at radius 3 is 2.24 bits per heavy atom. The Balaban J connectivity index is 2.13. The molecule has 3 aromatic carbocycles. The van der Waals surface area contributed by atoms with Crippen LogP contribution >= 0.6 is 11.8 Å².